The van der Waals surface area contributed by atoms with E-state index in [-0.39, 0.29) is 10.6 Å². The van der Waals surface area contributed by atoms with Crippen molar-refractivity contribution in [2.75, 3.05) is 0 Å². The minimum absolute atomic E-state index is 0.0655. The van der Waals surface area contributed by atoms with Gasteiger partial charge in [-0.3, -0.25) is 0 Å². The smallest absolute Gasteiger partial charge is 0.375 e. The fraction of sp³-hybridized carbons (Fsp3) is 0. The summed E-state index contributed by atoms with van der Waals surface area (Å²) in [6.07, 6.45) is 0. The van der Waals surface area contributed by atoms with E-state index in [4.69, 9.17) is 14.9 Å². The van der Waals surface area contributed by atoms with Crippen LogP contribution in [0.25, 0.3) is 0 Å². The zero-order valence-electron chi connectivity index (χ0n) is 7.27. The number of hydrogen-bond donors (Lipinski definition) is 3. The Bertz CT molecular complexity index is 491. The van der Waals surface area contributed by atoms with Gasteiger partial charge in [0, 0.05) is 11.8 Å². The lowest BCUT2D eigenvalue weighted by Crippen LogP contribution is -2.11. The zero-order chi connectivity index (χ0) is 11.7. The van der Waals surface area contributed by atoms with E-state index in [2.05, 4.69) is 16.3 Å². The van der Waals surface area contributed by atoms with Crippen molar-refractivity contribution in [3.05, 3.63) is 24.3 Å². The maximum atomic E-state index is 10.9. The van der Waals surface area contributed by atoms with E-state index in [1.807, 2.05) is 0 Å². The highest BCUT2D eigenvalue weighted by Crippen LogP contribution is 2.37. The lowest BCUT2D eigenvalue weighted by atomic mass is 10.3. The summed E-state index contributed by atoms with van der Waals surface area (Å²) in [6.45, 7) is -3.79. The van der Waals surface area contributed by atoms with Gasteiger partial charge in [0.25, 0.3) is 0 Å². The lowest BCUT2D eigenvalue weighted by Gasteiger charge is -2.09. The van der Waals surface area contributed by atoms with Crippen molar-refractivity contribution in [3.8, 4) is 5.75 Å². The first kappa shape index (κ1) is 12.6. The van der Waals surface area contributed by atoms with Crippen LogP contribution in [0.15, 0.2) is 29.2 Å². The minimum atomic E-state index is -3.79. The molecule has 9 heteroatoms. The van der Waals surface area contributed by atoms with Crippen LogP contribution < -0.4 is 9.66 Å². The van der Waals surface area contributed by atoms with Gasteiger partial charge in [0.2, 0.25) is 10.0 Å². The third-order valence-corrected chi connectivity index (χ3v) is 2.98. The molecule has 0 atom stereocenters. The lowest BCUT2D eigenvalue weighted by molar-refractivity contribution is 0.370. The quantitative estimate of drug-likeness (QED) is 0.662. The summed E-state index contributed by atoms with van der Waals surface area (Å²) in [7, 11) is -3.76. The summed E-state index contributed by atoms with van der Waals surface area (Å²) in [5, 5.41) is 4.85. The molecule has 6 nitrogen and oxygen atoms in total. The molecule has 0 spiro atoms. The number of sulfonamides is 1. The first-order valence-electron chi connectivity index (χ1n) is 3.56. The number of hydrogen-bond acceptors (Lipinski definition) is 4. The molecule has 0 aliphatic rings. The van der Waals surface area contributed by atoms with Crippen LogP contribution in [0, 0.1) is 0 Å². The molecule has 0 fully saturated rings. The van der Waals surface area contributed by atoms with Gasteiger partial charge in [-0.25, -0.2) is 13.6 Å². The van der Waals surface area contributed by atoms with Gasteiger partial charge in [0.15, 0.2) is 0 Å². The molecule has 1 aromatic carbocycles. The fourth-order valence-electron chi connectivity index (χ4n) is 0.827. The van der Waals surface area contributed by atoms with E-state index in [9.17, 15) is 8.42 Å². The van der Waals surface area contributed by atoms with Crippen molar-refractivity contribution in [1.82, 2.24) is 0 Å². The number of nitrogens with two attached hydrogens (primary N) is 1. The minimum Gasteiger partial charge on any atom is -0.424 e. The van der Waals surface area contributed by atoms with E-state index >= 15 is 0 Å². The van der Waals surface area contributed by atoms with Crippen LogP contribution in [0.3, 0.4) is 0 Å². The molecule has 1 aromatic rings. The second kappa shape index (κ2) is 4.17. The number of benzene rings is 1. The van der Waals surface area contributed by atoms with E-state index in [1.165, 1.54) is 24.3 Å². The molecular formula is C6H8NO5PS2. The SMILES string of the molecule is NS(=O)(=O)c1ccc(OP(O)(O)=S)cc1. The van der Waals surface area contributed by atoms with Gasteiger partial charge in [-0.15, -0.1) is 0 Å². The van der Waals surface area contributed by atoms with E-state index in [0.29, 0.717) is 0 Å². The van der Waals surface area contributed by atoms with Crippen molar-refractivity contribution < 1.29 is 22.7 Å². The van der Waals surface area contributed by atoms with Crippen LogP contribution in [0.2, 0.25) is 0 Å². The Morgan fingerprint density at radius 2 is 1.73 bits per heavy atom. The molecule has 0 aliphatic carbocycles. The van der Waals surface area contributed by atoms with E-state index in [1.54, 1.807) is 0 Å². The van der Waals surface area contributed by atoms with Crippen LogP contribution in [-0.2, 0) is 21.8 Å². The summed E-state index contributed by atoms with van der Waals surface area (Å²) in [5.41, 5.74) is 0. The Kier molecular flexibility index (Phi) is 3.49. The van der Waals surface area contributed by atoms with Crippen LogP contribution in [0.5, 0.6) is 5.75 Å². The van der Waals surface area contributed by atoms with Crippen molar-refractivity contribution in [1.29, 1.82) is 0 Å². The molecule has 0 unspecified atom stereocenters. The van der Waals surface area contributed by atoms with Crippen LogP contribution in [0.1, 0.15) is 0 Å². The fourth-order valence-corrected chi connectivity index (χ4v) is 2.00. The highest BCUT2D eigenvalue weighted by molar-refractivity contribution is 8.06. The first-order chi connectivity index (χ1) is 6.68. The highest BCUT2D eigenvalue weighted by Gasteiger charge is 2.11. The summed E-state index contributed by atoms with van der Waals surface area (Å²) < 4.78 is 26.3. The topological polar surface area (TPSA) is 110 Å². The average Bonchev–Trinajstić information content (AvgIpc) is 2.00. The molecule has 1 rings (SSSR count). The normalized spacial score (nSPS) is 12.5. The van der Waals surface area contributed by atoms with E-state index < -0.39 is 16.7 Å². The third-order valence-electron chi connectivity index (χ3n) is 1.38. The van der Waals surface area contributed by atoms with Gasteiger partial charge in [-0.1, -0.05) is 0 Å². The summed E-state index contributed by atoms with van der Waals surface area (Å²) in [6, 6.07) is 4.81. The molecule has 4 N–H and O–H groups in total. The molecule has 0 saturated heterocycles. The van der Waals surface area contributed by atoms with Gasteiger partial charge >= 0.3 is 6.72 Å². The van der Waals surface area contributed by atoms with Gasteiger partial charge in [-0.05, 0) is 24.3 Å². The van der Waals surface area contributed by atoms with Crippen molar-refractivity contribution >= 4 is 28.5 Å². The molecule has 0 saturated carbocycles. The Hall–Kier alpha value is -0.500. The molecule has 0 radical (unpaired) electrons. The average molecular weight is 269 g/mol. The van der Waals surface area contributed by atoms with Gasteiger partial charge in [0.1, 0.15) is 5.75 Å². The largest absolute Gasteiger partial charge is 0.424 e. The molecule has 0 amide bonds. The molecule has 15 heavy (non-hydrogen) atoms. The predicted molar refractivity (Wildman–Crippen MR) is 57.2 cm³/mol. The Labute approximate surface area is 91.6 Å². The number of primary sulfonamides is 1. The van der Waals surface area contributed by atoms with Crippen LogP contribution in [0.4, 0.5) is 0 Å². The van der Waals surface area contributed by atoms with Gasteiger partial charge in [-0.2, -0.15) is 0 Å². The van der Waals surface area contributed by atoms with Crippen LogP contribution in [-0.4, -0.2) is 18.2 Å². The second-order valence-electron chi connectivity index (χ2n) is 2.60. The Morgan fingerprint density at radius 1 is 1.27 bits per heavy atom. The molecule has 0 aliphatic heterocycles. The maximum Gasteiger partial charge on any atom is 0.375 e. The Balaban J connectivity index is 2.97. The molecule has 0 aromatic heterocycles. The molecule has 84 valence electrons. The van der Waals surface area contributed by atoms with E-state index in [0.717, 1.165) is 0 Å². The standard InChI is InChI=1S/C6H8NO5PS2/c7-15(10,11)6-3-1-5(2-4-6)12-13(8,9)14/h1-4H,(H2,7,10,11)(H2,8,9,14). The first-order valence-corrected chi connectivity index (χ1v) is 7.74. The summed E-state index contributed by atoms with van der Waals surface area (Å²) in [4.78, 5) is 17.5. The summed E-state index contributed by atoms with van der Waals surface area (Å²) >= 11 is 4.23. The monoisotopic (exact) mass is 269 g/mol. The highest BCUT2D eigenvalue weighted by atomic mass is 32.5. The molecular weight excluding hydrogens is 261 g/mol. The van der Waals surface area contributed by atoms with Gasteiger partial charge < -0.3 is 14.3 Å². The van der Waals surface area contributed by atoms with Crippen LogP contribution >= 0.6 is 6.72 Å². The number of rotatable bonds is 3. The zero-order valence-corrected chi connectivity index (χ0v) is 9.80. The van der Waals surface area contributed by atoms with Gasteiger partial charge in [0.05, 0.1) is 4.90 Å². The molecule has 0 heterocycles. The third kappa shape index (κ3) is 4.25. The van der Waals surface area contributed by atoms with Crippen molar-refractivity contribution in [3.63, 3.8) is 0 Å². The predicted octanol–water partition coefficient (Wildman–Crippen LogP) is -0.0781. The Morgan fingerprint density at radius 3 is 2.07 bits per heavy atom. The molecule has 0 bridgehead atoms. The summed E-state index contributed by atoms with van der Waals surface area (Å²) in [5.74, 6) is 0.0655. The van der Waals surface area contributed by atoms with Crippen molar-refractivity contribution in [2.45, 2.75) is 4.90 Å². The maximum absolute atomic E-state index is 10.9. The second-order valence-corrected chi connectivity index (χ2v) is 6.75. The van der Waals surface area contributed by atoms with Crippen molar-refractivity contribution in [2.24, 2.45) is 5.14 Å².